The molecule has 2 N–H and O–H groups in total. The fraction of sp³-hybridized carbons (Fsp3) is 1.00. The largest absolute Gasteiger partial charge is 0.383 e. The maximum absolute atomic E-state index is 6.29. The van der Waals surface area contributed by atoms with Gasteiger partial charge in [0, 0.05) is 25.2 Å². The van der Waals surface area contributed by atoms with E-state index < -0.39 is 0 Å². The van der Waals surface area contributed by atoms with Gasteiger partial charge in [0.15, 0.2) is 0 Å². The van der Waals surface area contributed by atoms with Gasteiger partial charge < -0.3 is 10.5 Å². The summed E-state index contributed by atoms with van der Waals surface area (Å²) < 4.78 is 5.24. The van der Waals surface area contributed by atoms with Gasteiger partial charge in [0.05, 0.1) is 6.61 Å². The Labute approximate surface area is 107 Å². The van der Waals surface area contributed by atoms with Crippen LogP contribution in [-0.2, 0) is 4.74 Å². The van der Waals surface area contributed by atoms with Gasteiger partial charge in [-0.15, -0.1) is 0 Å². The number of nitrogens with zero attached hydrogens (tertiary/aromatic N) is 1. The molecule has 3 nitrogen and oxygen atoms in total. The molecule has 0 aromatic heterocycles. The summed E-state index contributed by atoms with van der Waals surface area (Å²) >= 11 is 0. The van der Waals surface area contributed by atoms with Gasteiger partial charge in [0.25, 0.3) is 0 Å². The van der Waals surface area contributed by atoms with Crippen LogP contribution in [0, 0.1) is 5.92 Å². The van der Waals surface area contributed by atoms with Crippen molar-refractivity contribution in [3.8, 4) is 0 Å². The molecule has 0 aromatic carbocycles. The Kier molecular flexibility index (Phi) is 6.45. The van der Waals surface area contributed by atoms with Crippen molar-refractivity contribution in [3.63, 3.8) is 0 Å². The number of methoxy groups -OCH3 is 1. The first-order valence-corrected chi connectivity index (χ1v) is 7.06. The van der Waals surface area contributed by atoms with E-state index in [2.05, 4.69) is 25.8 Å². The van der Waals surface area contributed by atoms with Crippen LogP contribution in [0.1, 0.15) is 46.0 Å². The van der Waals surface area contributed by atoms with Crippen molar-refractivity contribution < 1.29 is 4.74 Å². The zero-order chi connectivity index (χ0) is 12.8. The third kappa shape index (κ3) is 4.23. The summed E-state index contributed by atoms with van der Waals surface area (Å²) in [6.07, 6.45) is 6.41. The summed E-state index contributed by atoms with van der Waals surface area (Å²) in [5.41, 5.74) is 6.29. The normalized spacial score (nSPS) is 31.8. The van der Waals surface area contributed by atoms with Crippen LogP contribution in [-0.4, -0.2) is 43.8 Å². The number of nitrogens with two attached hydrogens (primary N) is 1. The standard InChI is InChI=1S/C14H30N2O/c1-5-6-12-7-8-13(15)14(9-12)16(3)11(2)10-17-4/h11-14H,5-10,15H2,1-4H3. The quantitative estimate of drug-likeness (QED) is 0.776. The van der Waals surface area contributed by atoms with Crippen LogP contribution in [0.2, 0.25) is 0 Å². The average molecular weight is 242 g/mol. The second kappa shape index (κ2) is 7.34. The Morgan fingerprint density at radius 2 is 2.12 bits per heavy atom. The first kappa shape index (κ1) is 14.9. The molecular weight excluding hydrogens is 212 g/mol. The molecule has 0 radical (unpaired) electrons. The molecule has 1 aliphatic rings. The van der Waals surface area contributed by atoms with Crippen LogP contribution in [0.4, 0.5) is 0 Å². The molecule has 3 heteroatoms. The Balaban J connectivity index is 2.53. The molecule has 0 amide bonds. The van der Waals surface area contributed by atoms with Crippen molar-refractivity contribution in [2.24, 2.45) is 11.7 Å². The van der Waals surface area contributed by atoms with Crippen molar-refractivity contribution in [2.45, 2.75) is 64.1 Å². The fourth-order valence-electron chi connectivity index (χ4n) is 3.08. The summed E-state index contributed by atoms with van der Waals surface area (Å²) in [4.78, 5) is 2.43. The number of hydrogen-bond acceptors (Lipinski definition) is 3. The predicted molar refractivity (Wildman–Crippen MR) is 73.1 cm³/mol. The molecule has 4 atom stereocenters. The molecule has 1 fully saturated rings. The summed E-state index contributed by atoms with van der Waals surface area (Å²) in [6.45, 7) is 5.29. The SMILES string of the molecule is CCCC1CCC(N)C(N(C)C(C)COC)C1. The average Bonchev–Trinajstić information content (AvgIpc) is 2.31. The number of ether oxygens (including phenoxy) is 1. The molecule has 102 valence electrons. The van der Waals surface area contributed by atoms with Gasteiger partial charge >= 0.3 is 0 Å². The van der Waals surface area contributed by atoms with Crippen LogP contribution in [0.3, 0.4) is 0 Å². The van der Waals surface area contributed by atoms with Crippen LogP contribution < -0.4 is 5.73 Å². The van der Waals surface area contributed by atoms with Gasteiger partial charge in [-0.3, -0.25) is 4.90 Å². The Hall–Kier alpha value is -0.120. The first-order valence-electron chi connectivity index (χ1n) is 7.06. The van der Waals surface area contributed by atoms with Crippen molar-refractivity contribution in [3.05, 3.63) is 0 Å². The molecule has 4 unspecified atom stereocenters. The monoisotopic (exact) mass is 242 g/mol. The second-order valence-corrected chi connectivity index (χ2v) is 5.67. The molecule has 0 bridgehead atoms. The smallest absolute Gasteiger partial charge is 0.0615 e. The third-order valence-corrected chi connectivity index (χ3v) is 4.30. The predicted octanol–water partition coefficient (Wildman–Crippen LogP) is 2.25. The van der Waals surface area contributed by atoms with E-state index in [1.54, 1.807) is 7.11 Å². The van der Waals surface area contributed by atoms with Gasteiger partial charge in [-0.2, -0.15) is 0 Å². The molecule has 0 aromatic rings. The summed E-state index contributed by atoms with van der Waals surface area (Å²) in [6, 6.07) is 1.33. The summed E-state index contributed by atoms with van der Waals surface area (Å²) in [7, 11) is 3.97. The summed E-state index contributed by atoms with van der Waals surface area (Å²) in [5.74, 6) is 0.877. The number of hydrogen-bond donors (Lipinski definition) is 1. The van der Waals surface area contributed by atoms with Crippen molar-refractivity contribution in [1.82, 2.24) is 4.90 Å². The highest BCUT2D eigenvalue weighted by molar-refractivity contribution is 4.89. The van der Waals surface area contributed by atoms with E-state index in [-0.39, 0.29) is 0 Å². The van der Waals surface area contributed by atoms with Crippen molar-refractivity contribution >= 4 is 0 Å². The maximum Gasteiger partial charge on any atom is 0.0615 e. The van der Waals surface area contributed by atoms with E-state index in [0.29, 0.717) is 18.1 Å². The van der Waals surface area contributed by atoms with Gasteiger partial charge in [0.2, 0.25) is 0 Å². The van der Waals surface area contributed by atoms with Gasteiger partial charge in [-0.05, 0) is 39.2 Å². The highest BCUT2D eigenvalue weighted by Gasteiger charge is 2.32. The van der Waals surface area contributed by atoms with E-state index in [1.807, 2.05) is 0 Å². The van der Waals surface area contributed by atoms with Gasteiger partial charge in [0.1, 0.15) is 0 Å². The van der Waals surface area contributed by atoms with Crippen LogP contribution in [0.25, 0.3) is 0 Å². The molecule has 0 spiro atoms. The minimum Gasteiger partial charge on any atom is -0.383 e. The zero-order valence-corrected chi connectivity index (χ0v) is 12.0. The summed E-state index contributed by atoms with van der Waals surface area (Å²) in [5, 5.41) is 0. The third-order valence-electron chi connectivity index (χ3n) is 4.30. The highest BCUT2D eigenvalue weighted by Crippen LogP contribution is 2.30. The van der Waals surface area contributed by atoms with E-state index in [4.69, 9.17) is 10.5 Å². The Morgan fingerprint density at radius 3 is 2.71 bits per heavy atom. The van der Waals surface area contributed by atoms with E-state index in [9.17, 15) is 0 Å². The van der Waals surface area contributed by atoms with Crippen molar-refractivity contribution in [1.29, 1.82) is 0 Å². The van der Waals surface area contributed by atoms with Crippen LogP contribution in [0.15, 0.2) is 0 Å². The Morgan fingerprint density at radius 1 is 1.41 bits per heavy atom. The second-order valence-electron chi connectivity index (χ2n) is 5.67. The minimum atomic E-state index is 0.340. The lowest BCUT2D eigenvalue weighted by Crippen LogP contribution is -2.53. The molecule has 0 saturated heterocycles. The Bertz CT molecular complexity index is 206. The number of likely N-dealkylation sites (N-methyl/N-ethyl adjacent to an activating group) is 1. The van der Waals surface area contributed by atoms with E-state index >= 15 is 0 Å². The zero-order valence-electron chi connectivity index (χ0n) is 12.0. The van der Waals surface area contributed by atoms with Gasteiger partial charge in [-0.25, -0.2) is 0 Å². The van der Waals surface area contributed by atoms with E-state index in [1.165, 1.54) is 32.1 Å². The molecule has 1 aliphatic carbocycles. The van der Waals surface area contributed by atoms with E-state index in [0.717, 1.165) is 12.5 Å². The molecule has 1 rings (SSSR count). The van der Waals surface area contributed by atoms with Crippen LogP contribution in [0.5, 0.6) is 0 Å². The van der Waals surface area contributed by atoms with Gasteiger partial charge in [-0.1, -0.05) is 19.8 Å². The molecule has 0 heterocycles. The lowest BCUT2D eigenvalue weighted by atomic mass is 9.79. The highest BCUT2D eigenvalue weighted by atomic mass is 16.5. The fourth-order valence-corrected chi connectivity index (χ4v) is 3.08. The molecular formula is C14H30N2O. The van der Waals surface area contributed by atoms with Crippen LogP contribution >= 0.6 is 0 Å². The minimum absolute atomic E-state index is 0.340. The molecule has 0 aliphatic heterocycles. The lowest BCUT2D eigenvalue weighted by Gasteiger charge is -2.42. The maximum atomic E-state index is 6.29. The van der Waals surface area contributed by atoms with Crippen molar-refractivity contribution in [2.75, 3.05) is 20.8 Å². The number of rotatable bonds is 6. The first-order chi connectivity index (χ1) is 8.10. The lowest BCUT2D eigenvalue weighted by molar-refractivity contribution is 0.0550. The molecule has 1 saturated carbocycles. The topological polar surface area (TPSA) is 38.5 Å². The molecule has 17 heavy (non-hydrogen) atoms.